The van der Waals surface area contributed by atoms with Crippen LogP contribution in [0.1, 0.15) is 28.9 Å². The second kappa shape index (κ2) is 5.32. The number of hydrogen-bond acceptors (Lipinski definition) is 4. The Balaban J connectivity index is 3.36. The van der Waals surface area contributed by atoms with Gasteiger partial charge in [-0.25, -0.2) is 8.78 Å². The monoisotopic (exact) mass is 241 g/mol. The van der Waals surface area contributed by atoms with E-state index < -0.39 is 24.4 Å². The van der Waals surface area contributed by atoms with Crippen molar-refractivity contribution in [3.63, 3.8) is 0 Å². The van der Waals surface area contributed by atoms with E-state index in [4.69, 9.17) is 16.1 Å². The number of alkyl halides is 2. The fourth-order valence-electron chi connectivity index (χ4n) is 1.37. The SMILES string of the molecule is N#Cc1c(C(F)F)cc(CC(=O)O)nc1CN. The lowest BCUT2D eigenvalue weighted by Crippen LogP contribution is -2.11. The van der Waals surface area contributed by atoms with Crippen LogP contribution in [0.25, 0.3) is 0 Å². The average Bonchev–Trinajstić information content (AvgIpc) is 2.26. The van der Waals surface area contributed by atoms with Gasteiger partial charge in [-0.1, -0.05) is 0 Å². The van der Waals surface area contributed by atoms with Crippen LogP contribution in [0.4, 0.5) is 8.78 Å². The van der Waals surface area contributed by atoms with Gasteiger partial charge in [0.25, 0.3) is 6.43 Å². The zero-order valence-electron chi connectivity index (χ0n) is 8.65. The van der Waals surface area contributed by atoms with E-state index >= 15 is 0 Å². The maximum absolute atomic E-state index is 12.7. The van der Waals surface area contributed by atoms with Crippen LogP contribution in [-0.2, 0) is 17.8 Å². The van der Waals surface area contributed by atoms with Gasteiger partial charge in [0.05, 0.1) is 23.4 Å². The summed E-state index contributed by atoms with van der Waals surface area (Å²) in [5.74, 6) is -1.19. The van der Waals surface area contributed by atoms with Crippen molar-refractivity contribution in [1.29, 1.82) is 5.26 Å². The highest BCUT2D eigenvalue weighted by molar-refractivity contribution is 5.69. The van der Waals surface area contributed by atoms with Crippen LogP contribution >= 0.6 is 0 Å². The van der Waals surface area contributed by atoms with Gasteiger partial charge in [0.1, 0.15) is 6.07 Å². The summed E-state index contributed by atoms with van der Waals surface area (Å²) in [6.07, 6.45) is -3.36. The first-order chi connectivity index (χ1) is 7.99. The smallest absolute Gasteiger partial charge is 0.309 e. The molecule has 1 aromatic rings. The number of aromatic nitrogens is 1. The van der Waals surface area contributed by atoms with Gasteiger partial charge in [-0.15, -0.1) is 0 Å². The van der Waals surface area contributed by atoms with Crippen LogP contribution in [0, 0.1) is 11.3 Å². The first-order valence-electron chi connectivity index (χ1n) is 4.62. The Morgan fingerprint density at radius 3 is 2.71 bits per heavy atom. The fraction of sp³-hybridized carbons (Fsp3) is 0.300. The number of aliphatic carboxylic acids is 1. The van der Waals surface area contributed by atoms with E-state index in [9.17, 15) is 13.6 Å². The largest absolute Gasteiger partial charge is 0.481 e. The Labute approximate surface area is 95.5 Å². The molecule has 0 unspecified atom stereocenters. The van der Waals surface area contributed by atoms with Crippen LogP contribution in [0.5, 0.6) is 0 Å². The van der Waals surface area contributed by atoms with E-state index in [1.165, 1.54) is 0 Å². The first-order valence-corrected chi connectivity index (χ1v) is 4.62. The van der Waals surface area contributed by atoms with Crippen molar-refractivity contribution >= 4 is 5.97 Å². The van der Waals surface area contributed by atoms with E-state index in [1.54, 1.807) is 6.07 Å². The molecular formula is C10H9F2N3O2. The Morgan fingerprint density at radius 2 is 2.29 bits per heavy atom. The van der Waals surface area contributed by atoms with Crippen LogP contribution < -0.4 is 5.73 Å². The zero-order chi connectivity index (χ0) is 13.0. The minimum atomic E-state index is -2.87. The molecule has 5 nitrogen and oxygen atoms in total. The highest BCUT2D eigenvalue weighted by Gasteiger charge is 2.19. The van der Waals surface area contributed by atoms with Crippen LogP contribution in [-0.4, -0.2) is 16.1 Å². The summed E-state index contributed by atoms with van der Waals surface area (Å²) < 4.78 is 25.4. The quantitative estimate of drug-likeness (QED) is 0.818. The second-order valence-corrected chi connectivity index (χ2v) is 3.21. The molecule has 1 heterocycles. The Bertz CT molecular complexity index is 483. The van der Waals surface area contributed by atoms with Crippen LogP contribution in [0.3, 0.4) is 0 Å². The highest BCUT2D eigenvalue weighted by atomic mass is 19.3. The number of rotatable bonds is 4. The highest BCUT2D eigenvalue weighted by Crippen LogP contribution is 2.25. The molecule has 3 N–H and O–H groups in total. The third kappa shape index (κ3) is 2.95. The van der Waals surface area contributed by atoms with Crippen molar-refractivity contribution in [2.24, 2.45) is 5.73 Å². The standard InChI is InChI=1S/C10H9F2N3O2/c11-10(12)6-1-5(2-9(16)17)15-8(4-14)7(6)3-13/h1,10H,2,4,14H2,(H,16,17). The van der Waals surface area contributed by atoms with Gasteiger partial charge in [0, 0.05) is 12.1 Å². The zero-order valence-corrected chi connectivity index (χ0v) is 8.65. The summed E-state index contributed by atoms with van der Waals surface area (Å²) in [4.78, 5) is 14.3. The lowest BCUT2D eigenvalue weighted by atomic mass is 10.1. The summed E-state index contributed by atoms with van der Waals surface area (Å²) in [5.41, 5.74) is 4.43. The van der Waals surface area contributed by atoms with E-state index in [0.717, 1.165) is 6.07 Å². The average molecular weight is 241 g/mol. The van der Waals surface area contributed by atoms with Crippen molar-refractivity contribution < 1.29 is 18.7 Å². The topological polar surface area (TPSA) is 100 Å². The van der Waals surface area contributed by atoms with Crippen molar-refractivity contribution in [3.8, 4) is 6.07 Å². The number of nitriles is 1. The summed E-state index contributed by atoms with van der Waals surface area (Å²) in [6.45, 7) is -0.198. The minimum absolute atomic E-state index is 0.0125. The fourth-order valence-corrected chi connectivity index (χ4v) is 1.37. The minimum Gasteiger partial charge on any atom is -0.481 e. The van der Waals surface area contributed by atoms with Gasteiger partial charge in [0.15, 0.2) is 0 Å². The molecular weight excluding hydrogens is 232 g/mol. The number of carboxylic acid groups (broad SMARTS) is 1. The summed E-state index contributed by atoms with van der Waals surface area (Å²) >= 11 is 0. The number of carbonyl (C=O) groups is 1. The van der Waals surface area contributed by atoms with Gasteiger partial charge < -0.3 is 10.8 Å². The van der Waals surface area contributed by atoms with Crippen LogP contribution in [0.15, 0.2) is 6.07 Å². The third-order valence-corrected chi connectivity index (χ3v) is 2.05. The lowest BCUT2D eigenvalue weighted by Gasteiger charge is -2.09. The molecule has 0 spiro atoms. The molecule has 90 valence electrons. The molecule has 0 fully saturated rings. The predicted molar refractivity (Wildman–Crippen MR) is 53.1 cm³/mol. The molecule has 0 saturated heterocycles. The number of pyridine rings is 1. The Morgan fingerprint density at radius 1 is 1.65 bits per heavy atom. The number of halogens is 2. The van der Waals surface area contributed by atoms with Gasteiger partial charge in [-0.05, 0) is 6.07 Å². The molecule has 0 amide bonds. The number of nitrogens with zero attached hydrogens (tertiary/aromatic N) is 2. The van der Waals surface area contributed by atoms with E-state index in [1.807, 2.05) is 0 Å². The van der Waals surface area contributed by atoms with E-state index in [-0.39, 0.29) is 23.5 Å². The molecule has 0 aromatic carbocycles. The number of hydrogen-bond donors (Lipinski definition) is 2. The second-order valence-electron chi connectivity index (χ2n) is 3.21. The van der Waals surface area contributed by atoms with Crippen molar-refractivity contribution in [3.05, 3.63) is 28.6 Å². The summed E-state index contributed by atoms with van der Waals surface area (Å²) in [5, 5.41) is 17.3. The molecule has 1 aromatic heterocycles. The van der Waals surface area contributed by atoms with E-state index in [0.29, 0.717) is 0 Å². The van der Waals surface area contributed by atoms with Crippen molar-refractivity contribution in [2.45, 2.75) is 19.4 Å². The first kappa shape index (κ1) is 13.0. The molecule has 0 aliphatic carbocycles. The van der Waals surface area contributed by atoms with E-state index in [2.05, 4.69) is 4.98 Å². The van der Waals surface area contributed by atoms with Crippen LogP contribution in [0.2, 0.25) is 0 Å². The molecule has 1 rings (SSSR count). The van der Waals surface area contributed by atoms with Crippen molar-refractivity contribution in [1.82, 2.24) is 4.98 Å². The maximum atomic E-state index is 12.7. The molecule has 0 saturated carbocycles. The van der Waals surface area contributed by atoms with Crippen molar-refractivity contribution in [2.75, 3.05) is 0 Å². The molecule has 0 aliphatic rings. The summed E-state index contributed by atoms with van der Waals surface area (Å²) in [7, 11) is 0. The molecule has 7 heteroatoms. The number of nitrogens with two attached hydrogens (primary N) is 1. The molecule has 0 radical (unpaired) electrons. The third-order valence-electron chi connectivity index (χ3n) is 2.05. The van der Waals surface area contributed by atoms with Gasteiger partial charge in [-0.2, -0.15) is 5.26 Å². The van der Waals surface area contributed by atoms with Gasteiger partial charge >= 0.3 is 5.97 Å². The molecule has 0 atom stereocenters. The lowest BCUT2D eigenvalue weighted by molar-refractivity contribution is -0.136. The predicted octanol–water partition coefficient (Wildman–Crippen LogP) is 0.977. The maximum Gasteiger partial charge on any atom is 0.309 e. The normalized spacial score (nSPS) is 10.3. The molecule has 0 bridgehead atoms. The Kier molecular flexibility index (Phi) is 4.06. The molecule has 17 heavy (non-hydrogen) atoms. The van der Waals surface area contributed by atoms with Gasteiger partial charge in [0.2, 0.25) is 0 Å². The number of carboxylic acids is 1. The molecule has 0 aliphatic heterocycles. The Hall–Kier alpha value is -2.07. The summed E-state index contributed by atoms with van der Waals surface area (Å²) in [6, 6.07) is 2.53. The van der Waals surface area contributed by atoms with Gasteiger partial charge in [-0.3, -0.25) is 9.78 Å².